The first kappa shape index (κ1) is 14.0. The molecule has 4 heteroatoms. The van der Waals surface area contributed by atoms with Gasteiger partial charge in [-0.05, 0) is 29.3 Å². The molecule has 0 fully saturated rings. The van der Waals surface area contributed by atoms with Gasteiger partial charge < -0.3 is 10.5 Å². The number of hydrogen-bond acceptors (Lipinski definition) is 3. The van der Waals surface area contributed by atoms with Crippen molar-refractivity contribution < 1.29 is 4.74 Å². The van der Waals surface area contributed by atoms with Gasteiger partial charge in [-0.1, -0.05) is 46.3 Å². The van der Waals surface area contributed by atoms with Gasteiger partial charge >= 0.3 is 0 Å². The van der Waals surface area contributed by atoms with Gasteiger partial charge in [-0.25, -0.2) is 4.98 Å². The number of aromatic nitrogens is 1. The Labute approximate surface area is 131 Å². The summed E-state index contributed by atoms with van der Waals surface area (Å²) in [6, 6.07) is 17.9. The first-order chi connectivity index (χ1) is 10.3. The van der Waals surface area contributed by atoms with E-state index < -0.39 is 0 Å². The van der Waals surface area contributed by atoms with E-state index in [9.17, 15) is 0 Å². The third-order valence-corrected chi connectivity index (χ3v) is 3.77. The molecule has 0 amide bonds. The maximum absolute atomic E-state index is 5.82. The van der Waals surface area contributed by atoms with E-state index >= 15 is 0 Å². The predicted octanol–water partition coefficient (Wildman–Crippen LogP) is 4.04. The Morgan fingerprint density at radius 3 is 2.71 bits per heavy atom. The smallest absolute Gasteiger partial charge is 0.214 e. The quantitative estimate of drug-likeness (QED) is 0.778. The van der Waals surface area contributed by atoms with E-state index in [2.05, 4.69) is 20.9 Å². The molecule has 1 aromatic heterocycles. The zero-order valence-corrected chi connectivity index (χ0v) is 13.0. The molecule has 3 aromatic rings. The van der Waals surface area contributed by atoms with Crippen molar-refractivity contribution in [2.45, 2.75) is 13.2 Å². The van der Waals surface area contributed by atoms with E-state index in [0.29, 0.717) is 19.0 Å². The number of nitrogens with zero attached hydrogens (tertiary/aromatic N) is 1. The zero-order chi connectivity index (χ0) is 14.7. The highest BCUT2D eigenvalue weighted by atomic mass is 79.9. The fraction of sp³-hybridized carbons (Fsp3) is 0.118. The van der Waals surface area contributed by atoms with E-state index in [1.165, 1.54) is 0 Å². The summed E-state index contributed by atoms with van der Waals surface area (Å²) in [7, 11) is 0. The van der Waals surface area contributed by atoms with Crippen LogP contribution in [0.15, 0.2) is 59.1 Å². The average Bonchev–Trinajstić information content (AvgIpc) is 2.52. The van der Waals surface area contributed by atoms with Gasteiger partial charge in [0.15, 0.2) is 0 Å². The molecule has 2 aromatic carbocycles. The highest BCUT2D eigenvalue weighted by Crippen LogP contribution is 2.22. The van der Waals surface area contributed by atoms with Gasteiger partial charge in [0.05, 0.1) is 5.52 Å². The fourth-order valence-corrected chi connectivity index (χ4v) is 2.69. The third kappa shape index (κ3) is 3.23. The molecule has 0 spiro atoms. The number of benzene rings is 2. The van der Waals surface area contributed by atoms with Crippen molar-refractivity contribution in [2.24, 2.45) is 5.73 Å². The number of rotatable bonds is 4. The first-order valence-corrected chi connectivity index (χ1v) is 7.51. The molecule has 0 aliphatic carbocycles. The lowest BCUT2D eigenvalue weighted by molar-refractivity contribution is 0.294. The van der Waals surface area contributed by atoms with Crippen LogP contribution in [0.5, 0.6) is 5.88 Å². The molecule has 106 valence electrons. The summed E-state index contributed by atoms with van der Waals surface area (Å²) in [6.07, 6.45) is 0. The maximum Gasteiger partial charge on any atom is 0.214 e. The fourth-order valence-electron chi connectivity index (χ4n) is 2.25. The minimum Gasteiger partial charge on any atom is -0.473 e. The van der Waals surface area contributed by atoms with Gasteiger partial charge in [0.2, 0.25) is 5.88 Å². The van der Waals surface area contributed by atoms with E-state index in [1.54, 1.807) is 0 Å². The highest BCUT2D eigenvalue weighted by molar-refractivity contribution is 9.10. The van der Waals surface area contributed by atoms with E-state index in [0.717, 1.165) is 26.5 Å². The molecule has 0 radical (unpaired) electrons. The van der Waals surface area contributed by atoms with Gasteiger partial charge in [-0.15, -0.1) is 0 Å². The Balaban J connectivity index is 1.87. The van der Waals surface area contributed by atoms with Crippen molar-refractivity contribution in [3.63, 3.8) is 0 Å². The van der Waals surface area contributed by atoms with Crippen molar-refractivity contribution >= 4 is 26.8 Å². The lowest BCUT2D eigenvalue weighted by Crippen LogP contribution is -2.02. The van der Waals surface area contributed by atoms with Crippen molar-refractivity contribution in [1.29, 1.82) is 0 Å². The van der Waals surface area contributed by atoms with Crippen molar-refractivity contribution in [1.82, 2.24) is 4.98 Å². The molecule has 21 heavy (non-hydrogen) atoms. The van der Waals surface area contributed by atoms with Crippen LogP contribution in [0.1, 0.15) is 11.1 Å². The normalized spacial score (nSPS) is 10.8. The summed E-state index contributed by atoms with van der Waals surface area (Å²) in [5.74, 6) is 0.606. The zero-order valence-electron chi connectivity index (χ0n) is 11.4. The van der Waals surface area contributed by atoms with Crippen LogP contribution in [-0.4, -0.2) is 4.98 Å². The Bertz CT molecular complexity index is 774. The van der Waals surface area contributed by atoms with E-state index in [4.69, 9.17) is 10.5 Å². The SMILES string of the molecule is NCc1cc(OCc2cccc(Br)c2)nc2ccccc12. The number of ether oxygens (including phenoxy) is 1. The lowest BCUT2D eigenvalue weighted by Gasteiger charge is -2.10. The van der Waals surface area contributed by atoms with Gasteiger partial charge in [0.1, 0.15) is 6.61 Å². The molecule has 0 bridgehead atoms. The summed E-state index contributed by atoms with van der Waals surface area (Å²) < 4.78 is 6.85. The maximum atomic E-state index is 5.82. The molecule has 0 unspecified atom stereocenters. The van der Waals surface area contributed by atoms with Crippen LogP contribution >= 0.6 is 15.9 Å². The number of nitrogens with two attached hydrogens (primary N) is 1. The summed E-state index contributed by atoms with van der Waals surface area (Å²) in [5.41, 5.74) is 8.87. The monoisotopic (exact) mass is 342 g/mol. The van der Waals surface area contributed by atoms with E-state index in [1.807, 2.05) is 54.6 Å². The van der Waals surface area contributed by atoms with Crippen LogP contribution in [0, 0.1) is 0 Å². The summed E-state index contributed by atoms with van der Waals surface area (Å²) >= 11 is 3.46. The second-order valence-corrected chi connectivity index (χ2v) is 5.68. The first-order valence-electron chi connectivity index (χ1n) is 6.72. The molecule has 3 nitrogen and oxygen atoms in total. The summed E-state index contributed by atoms with van der Waals surface area (Å²) in [5, 5.41) is 1.08. The summed E-state index contributed by atoms with van der Waals surface area (Å²) in [6.45, 7) is 0.949. The van der Waals surface area contributed by atoms with Gasteiger partial charge in [-0.3, -0.25) is 0 Å². The van der Waals surface area contributed by atoms with Crippen LogP contribution in [0.2, 0.25) is 0 Å². The van der Waals surface area contributed by atoms with Crippen molar-refractivity contribution in [3.8, 4) is 5.88 Å². The number of hydrogen-bond donors (Lipinski definition) is 1. The van der Waals surface area contributed by atoms with Crippen LogP contribution in [0.3, 0.4) is 0 Å². The Morgan fingerprint density at radius 2 is 1.90 bits per heavy atom. The lowest BCUT2D eigenvalue weighted by atomic mass is 10.1. The third-order valence-electron chi connectivity index (χ3n) is 3.27. The molecular weight excluding hydrogens is 328 g/mol. The highest BCUT2D eigenvalue weighted by Gasteiger charge is 2.05. The van der Waals surface area contributed by atoms with Crippen LogP contribution in [0.4, 0.5) is 0 Å². The summed E-state index contributed by atoms with van der Waals surface area (Å²) in [4.78, 5) is 4.53. The topological polar surface area (TPSA) is 48.1 Å². The minimum atomic E-state index is 0.469. The molecule has 1 heterocycles. The Kier molecular flexibility index (Phi) is 4.18. The Morgan fingerprint density at radius 1 is 1.05 bits per heavy atom. The molecular formula is C17H15BrN2O. The van der Waals surface area contributed by atoms with Gasteiger partial charge in [0.25, 0.3) is 0 Å². The molecule has 0 aliphatic heterocycles. The van der Waals surface area contributed by atoms with Crippen molar-refractivity contribution in [3.05, 3.63) is 70.2 Å². The molecule has 0 aliphatic rings. The standard InChI is InChI=1S/C17H15BrN2O/c18-14-5-3-4-12(8-14)11-21-17-9-13(10-19)15-6-1-2-7-16(15)20-17/h1-9H,10-11,19H2. The van der Waals surface area contributed by atoms with Crippen LogP contribution in [-0.2, 0) is 13.2 Å². The largest absolute Gasteiger partial charge is 0.473 e. The van der Waals surface area contributed by atoms with Crippen molar-refractivity contribution in [2.75, 3.05) is 0 Å². The molecule has 3 rings (SSSR count). The number of para-hydroxylation sites is 1. The van der Waals surface area contributed by atoms with E-state index in [-0.39, 0.29) is 0 Å². The molecule has 2 N–H and O–H groups in total. The average molecular weight is 343 g/mol. The number of halogens is 1. The van der Waals surface area contributed by atoms with Gasteiger partial charge in [-0.2, -0.15) is 0 Å². The number of fused-ring (bicyclic) bond motifs is 1. The van der Waals surface area contributed by atoms with Crippen LogP contribution < -0.4 is 10.5 Å². The predicted molar refractivity (Wildman–Crippen MR) is 88.1 cm³/mol. The Hall–Kier alpha value is -1.91. The second kappa shape index (κ2) is 6.24. The molecule has 0 atom stereocenters. The van der Waals surface area contributed by atoms with Gasteiger partial charge in [0, 0.05) is 22.5 Å². The molecule has 0 saturated heterocycles. The molecule has 0 saturated carbocycles. The minimum absolute atomic E-state index is 0.469. The second-order valence-electron chi connectivity index (χ2n) is 4.76. The van der Waals surface area contributed by atoms with Crippen LogP contribution in [0.25, 0.3) is 10.9 Å². The number of pyridine rings is 1.